The van der Waals surface area contributed by atoms with Crippen molar-refractivity contribution in [3.05, 3.63) is 50.9 Å². The Morgan fingerprint density at radius 1 is 1.21 bits per heavy atom. The summed E-state index contributed by atoms with van der Waals surface area (Å²) in [5, 5.41) is 7.14. The summed E-state index contributed by atoms with van der Waals surface area (Å²) >= 11 is 1.92. The van der Waals surface area contributed by atoms with E-state index in [1.807, 2.05) is 11.3 Å². The zero-order valence-electron chi connectivity index (χ0n) is 15.1. The van der Waals surface area contributed by atoms with Crippen LogP contribution in [0, 0.1) is 0 Å². The van der Waals surface area contributed by atoms with Crippen molar-refractivity contribution in [3.8, 4) is 0 Å². The molecule has 2 aliphatic rings. The maximum atomic E-state index is 3.62. The van der Waals surface area contributed by atoms with E-state index in [4.69, 9.17) is 0 Å². The number of nitrogens with one attached hydrogen (secondary N) is 2. The van der Waals surface area contributed by atoms with Crippen molar-refractivity contribution in [1.82, 2.24) is 10.6 Å². The van der Waals surface area contributed by atoms with E-state index in [9.17, 15) is 0 Å². The topological polar surface area (TPSA) is 24.1 Å². The van der Waals surface area contributed by atoms with Crippen LogP contribution in [-0.4, -0.2) is 13.1 Å². The van der Waals surface area contributed by atoms with Crippen LogP contribution >= 0.6 is 11.3 Å². The van der Waals surface area contributed by atoms with Crippen molar-refractivity contribution in [2.45, 2.75) is 58.9 Å². The Labute approximate surface area is 150 Å². The van der Waals surface area contributed by atoms with Gasteiger partial charge >= 0.3 is 0 Å². The molecule has 2 N–H and O–H groups in total. The van der Waals surface area contributed by atoms with Gasteiger partial charge in [0.1, 0.15) is 0 Å². The molecule has 130 valence electrons. The second-order valence-electron chi connectivity index (χ2n) is 6.85. The molecule has 0 radical (unpaired) electrons. The quantitative estimate of drug-likeness (QED) is 0.512. The first-order valence-electron chi connectivity index (χ1n) is 9.38. The fraction of sp³-hybridized carbons (Fsp3) is 0.524. The normalized spacial score (nSPS) is 18.2. The van der Waals surface area contributed by atoms with Gasteiger partial charge in [-0.3, -0.25) is 0 Å². The molecular formula is C21H30N2S. The average Bonchev–Trinajstić information content (AvgIpc) is 3.09. The highest BCUT2D eigenvalue weighted by molar-refractivity contribution is 7.13. The van der Waals surface area contributed by atoms with Crippen molar-refractivity contribution in [1.29, 1.82) is 0 Å². The Hall–Kier alpha value is -1.32. The van der Waals surface area contributed by atoms with Gasteiger partial charge in [-0.05, 0) is 64.1 Å². The first-order valence-corrected chi connectivity index (χ1v) is 10.2. The molecule has 1 aromatic rings. The zero-order valence-corrected chi connectivity index (χ0v) is 15.9. The summed E-state index contributed by atoms with van der Waals surface area (Å²) in [6, 6.07) is 4.56. The van der Waals surface area contributed by atoms with Gasteiger partial charge in [-0.1, -0.05) is 30.2 Å². The van der Waals surface area contributed by atoms with Crippen molar-refractivity contribution in [2.75, 3.05) is 13.1 Å². The summed E-state index contributed by atoms with van der Waals surface area (Å²) in [6.07, 6.45) is 12.6. The van der Waals surface area contributed by atoms with Crippen LogP contribution in [-0.2, 0) is 6.54 Å². The van der Waals surface area contributed by atoms with Crippen LogP contribution in [0.2, 0.25) is 0 Å². The lowest BCUT2D eigenvalue weighted by molar-refractivity contribution is 0.635. The van der Waals surface area contributed by atoms with Crippen molar-refractivity contribution in [3.63, 3.8) is 0 Å². The predicted molar refractivity (Wildman–Crippen MR) is 106 cm³/mol. The Bertz CT molecular complexity index is 649. The van der Waals surface area contributed by atoms with Crippen LogP contribution in [0.4, 0.5) is 0 Å². The molecule has 0 amide bonds. The van der Waals surface area contributed by atoms with E-state index in [1.54, 1.807) is 5.57 Å². The molecule has 3 rings (SSSR count). The molecule has 24 heavy (non-hydrogen) atoms. The van der Waals surface area contributed by atoms with Gasteiger partial charge in [-0.15, -0.1) is 11.3 Å². The molecule has 2 heterocycles. The van der Waals surface area contributed by atoms with Crippen LogP contribution in [0.3, 0.4) is 0 Å². The lowest BCUT2D eigenvalue weighted by Crippen LogP contribution is -2.19. The standard InChI is InChI=1S/C21H30N2S/c1-3-17-13-20(16(2)23-14-17)21-10-9-19(24-21)15-22-12-11-18-7-5-4-6-8-18/h7,9-10,13,22-23H,3-6,8,11-12,14-15H2,1-2H3. The summed E-state index contributed by atoms with van der Waals surface area (Å²) in [5.74, 6) is 0. The number of rotatable bonds is 7. The third kappa shape index (κ3) is 4.61. The van der Waals surface area contributed by atoms with Gasteiger partial charge in [0.15, 0.2) is 0 Å². The Morgan fingerprint density at radius 2 is 2.12 bits per heavy atom. The minimum atomic E-state index is 0.988. The first kappa shape index (κ1) is 17.5. The molecule has 0 saturated heterocycles. The summed E-state index contributed by atoms with van der Waals surface area (Å²) in [7, 11) is 0. The monoisotopic (exact) mass is 342 g/mol. The average molecular weight is 343 g/mol. The molecule has 0 fully saturated rings. The summed E-state index contributed by atoms with van der Waals surface area (Å²) in [5.41, 5.74) is 5.83. The minimum Gasteiger partial charge on any atom is -0.384 e. The van der Waals surface area contributed by atoms with E-state index in [-0.39, 0.29) is 0 Å². The second kappa shape index (κ2) is 8.68. The maximum absolute atomic E-state index is 3.62. The van der Waals surface area contributed by atoms with Crippen LogP contribution in [0.5, 0.6) is 0 Å². The molecule has 0 spiro atoms. The van der Waals surface area contributed by atoms with Crippen molar-refractivity contribution in [2.24, 2.45) is 0 Å². The van der Waals surface area contributed by atoms with Crippen molar-refractivity contribution >= 4 is 16.9 Å². The largest absolute Gasteiger partial charge is 0.384 e. The first-order chi connectivity index (χ1) is 11.8. The number of hydrogen-bond donors (Lipinski definition) is 2. The molecule has 0 aromatic carbocycles. The zero-order chi connectivity index (χ0) is 16.8. The predicted octanol–water partition coefficient (Wildman–Crippen LogP) is 5.40. The smallest absolute Gasteiger partial charge is 0.0363 e. The molecular weight excluding hydrogens is 312 g/mol. The van der Waals surface area contributed by atoms with Crippen molar-refractivity contribution < 1.29 is 0 Å². The van der Waals surface area contributed by atoms with Crippen LogP contribution in [0.15, 0.2) is 41.1 Å². The van der Waals surface area contributed by atoms with Gasteiger partial charge in [0.05, 0.1) is 0 Å². The molecule has 3 heteroatoms. The van der Waals surface area contributed by atoms with E-state index in [0.29, 0.717) is 0 Å². The van der Waals surface area contributed by atoms with Gasteiger partial charge in [-0.25, -0.2) is 0 Å². The molecule has 0 unspecified atom stereocenters. The minimum absolute atomic E-state index is 0.988. The van der Waals surface area contributed by atoms with E-state index in [0.717, 1.165) is 26.1 Å². The van der Waals surface area contributed by atoms with Gasteiger partial charge in [0, 0.05) is 34.1 Å². The fourth-order valence-electron chi connectivity index (χ4n) is 3.40. The SMILES string of the molecule is CCC1=CC(c2ccc(CNCCC3=CCCCC3)s2)=C(C)NC1. The lowest BCUT2D eigenvalue weighted by atomic mass is 9.97. The molecule has 0 saturated carbocycles. The van der Waals surface area contributed by atoms with Crippen LogP contribution in [0.1, 0.15) is 62.1 Å². The summed E-state index contributed by atoms with van der Waals surface area (Å²) in [4.78, 5) is 2.82. The molecule has 0 atom stereocenters. The Morgan fingerprint density at radius 3 is 2.92 bits per heavy atom. The highest BCUT2D eigenvalue weighted by atomic mass is 32.1. The van der Waals surface area contributed by atoms with Gasteiger partial charge < -0.3 is 10.6 Å². The molecule has 1 aromatic heterocycles. The lowest BCUT2D eigenvalue weighted by Gasteiger charge is -2.18. The maximum Gasteiger partial charge on any atom is 0.0363 e. The van der Waals surface area contributed by atoms with E-state index in [1.165, 1.54) is 58.7 Å². The van der Waals surface area contributed by atoms with Crippen LogP contribution in [0.25, 0.3) is 5.57 Å². The van der Waals surface area contributed by atoms with Gasteiger partial charge in [-0.2, -0.15) is 0 Å². The summed E-state index contributed by atoms with van der Waals surface area (Å²) in [6.45, 7) is 7.51. The highest BCUT2D eigenvalue weighted by Crippen LogP contribution is 2.30. The highest BCUT2D eigenvalue weighted by Gasteiger charge is 2.12. The number of hydrogen-bond acceptors (Lipinski definition) is 3. The van der Waals surface area contributed by atoms with Crippen LogP contribution < -0.4 is 10.6 Å². The van der Waals surface area contributed by atoms with Gasteiger partial charge in [0.25, 0.3) is 0 Å². The second-order valence-corrected chi connectivity index (χ2v) is 8.02. The summed E-state index contributed by atoms with van der Waals surface area (Å²) < 4.78 is 0. The molecule has 2 nitrogen and oxygen atoms in total. The van der Waals surface area contributed by atoms with E-state index in [2.05, 4.69) is 48.8 Å². The number of allylic oxidation sites excluding steroid dienone is 4. The third-order valence-corrected chi connectivity index (χ3v) is 6.14. The molecule has 1 aliphatic heterocycles. The van der Waals surface area contributed by atoms with E-state index >= 15 is 0 Å². The number of dihydropyridines is 1. The molecule has 1 aliphatic carbocycles. The van der Waals surface area contributed by atoms with Gasteiger partial charge in [0.2, 0.25) is 0 Å². The third-order valence-electron chi connectivity index (χ3n) is 5.02. The Balaban J connectivity index is 1.52. The number of thiophene rings is 1. The molecule has 0 bridgehead atoms. The fourth-order valence-corrected chi connectivity index (χ4v) is 4.45. The Kier molecular flexibility index (Phi) is 6.33. The van der Waals surface area contributed by atoms with E-state index < -0.39 is 0 Å².